The number of aliphatic hydroxyl groups excluding tert-OH is 2. The number of ether oxygens (including phenoxy) is 4. The fraction of sp³-hybridized carbons (Fsp3) is 0.466. The average Bonchev–Trinajstić information content (AvgIpc) is 2.05. The normalized spacial score (nSPS) is 26.9. The van der Waals surface area contributed by atoms with Crippen LogP contribution >= 0.6 is 0 Å². The second-order valence-electron chi connectivity index (χ2n) is 21.0. The van der Waals surface area contributed by atoms with E-state index in [4.69, 9.17) is 30.5 Å². The number of hydrogen-bond donors (Lipinski definition) is 9. The minimum Gasteiger partial charge on any atom is -0.507 e. The fourth-order valence-corrected chi connectivity index (χ4v) is 10.5. The number of nitrogen functional groups attached to an aromatic ring is 1. The minimum atomic E-state index is -2.04. The van der Waals surface area contributed by atoms with Crippen LogP contribution in [0.25, 0.3) is 10.8 Å². The first kappa shape index (κ1) is 63.2. The lowest BCUT2D eigenvalue weighted by molar-refractivity contribution is -0.160. The number of pyridine rings is 1. The van der Waals surface area contributed by atoms with Crippen molar-refractivity contribution >= 4 is 52.1 Å². The number of anilines is 1. The molecule has 4 aromatic rings. The second-order valence-corrected chi connectivity index (χ2v) is 21.0. The van der Waals surface area contributed by atoms with Crippen molar-refractivity contribution in [1.29, 1.82) is 0 Å². The molecule has 5 bridgehead atoms. The summed E-state index contributed by atoms with van der Waals surface area (Å²) >= 11 is 0. The number of hydrazone groups is 1. The van der Waals surface area contributed by atoms with Gasteiger partial charge in [-0.1, -0.05) is 58.8 Å². The van der Waals surface area contributed by atoms with E-state index >= 15 is 0 Å². The van der Waals surface area contributed by atoms with Crippen molar-refractivity contribution in [3.63, 3.8) is 0 Å². The number of carbonyl (C=O) groups is 5. The molecule has 2 fully saturated rings. The fourth-order valence-electron chi connectivity index (χ4n) is 10.5. The number of nitrogens with two attached hydrogens (primary N) is 2. The van der Waals surface area contributed by atoms with Crippen molar-refractivity contribution in [2.45, 2.75) is 117 Å². The Labute approximate surface area is 475 Å². The van der Waals surface area contributed by atoms with Crippen LogP contribution in [-0.4, -0.2) is 156 Å². The Kier molecular flexibility index (Phi) is 21.6. The highest BCUT2D eigenvalue weighted by molar-refractivity contribution is 6.24. The number of amides is 3. The summed E-state index contributed by atoms with van der Waals surface area (Å²) in [5.41, 5.74) is 7.30. The number of primary amides is 1. The zero-order chi connectivity index (χ0) is 60.2. The number of allylic oxidation sites excluding steroid dienone is 2. The van der Waals surface area contributed by atoms with Crippen molar-refractivity contribution in [2.24, 2.45) is 40.3 Å². The van der Waals surface area contributed by atoms with Gasteiger partial charge in [0.05, 0.1) is 59.2 Å². The van der Waals surface area contributed by atoms with Crippen LogP contribution < -0.4 is 27.1 Å². The third-order valence-corrected chi connectivity index (χ3v) is 15.4. The first-order chi connectivity index (χ1) is 39.0. The zero-order valence-electron chi connectivity index (χ0n) is 47.6. The molecule has 11 N–H and O–H groups in total. The summed E-state index contributed by atoms with van der Waals surface area (Å²) in [7, 11) is 1.44. The Balaban J connectivity index is 0.000000477. The van der Waals surface area contributed by atoms with Crippen molar-refractivity contribution in [1.82, 2.24) is 30.3 Å². The number of nitrogens with zero attached hydrogens (tertiary/aromatic N) is 6. The number of phenols is 3. The van der Waals surface area contributed by atoms with Gasteiger partial charge in [0.25, 0.3) is 23.5 Å². The number of esters is 1. The van der Waals surface area contributed by atoms with Crippen molar-refractivity contribution < 1.29 is 68.5 Å². The van der Waals surface area contributed by atoms with Gasteiger partial charge in [-0.3, -0.25) is 49.3 Å². The third kappa shape index (κ3) is 14.5. The number of piperazine rings is 1. The standard InChI is InChI=1S/C47H64N4O12.C6H7N3O.C5H5N3O/c1-24-13-12-14-25(2)46(59)49-37-32(23-48-51-20-18-50(19-21-51)31-15-10-11-16-31)41(56)34-35(42(37)57)40(55)29(6)44-36(34)45(58)47(8,63-44)61-22-17-33(60-9)26(3)43(62-30(7)52)28(5)39(54)27(4)38(24)53;7-9-6(10)5-1-3-8-4-2-5;6-5(9)4-3-7-1-2-8-4/h12-14,17,22-24,26-28,31,33,38-39,43,53-57H,10-11,15-16,18-21H2,1-9H3,(H,49,59);1-4H,7H2,(H,9,10);1-3H,(H2,6,9)/b13-12+,22-17+,25-14-,48-23+;;/t24-,26+,27+,28+,33-,38-,39+,43+,47-;;/m0../s1. The van der Waals surface area contributed by atoms with Crippen LogP contribution in [0.1, 0.15) is 116 Å². The first-order valence-corrected chi connectivity index (χ1v) is 27.0. The number of carbonyl (C=O) groups excluding carboxylic acids is 5. The summed E-state index contributed by atoms with van der Waals surface area (Å²) in [5.74, 6) is -4.25. The molecule has 0 radical (unpaired) electrons. The predicted octanol–water partition coefficient (Wildman–Crippen LogP) is 4.91. The average molecular weight is 1140 g/mol. The maximum Gasteiger partial charge on any atom is 0.312 e. The van der Waals surface area contributed by atoms with Crippen LogP contribution in [0.4, 0.5) is 5.69 Å². The van der Waals surface area contributed by atoms with Crippen LogP contribution in [-0.2, 0) is 23.8 Å². The van der Waals surface area contributed by atoms with Crippen LogP contribution in [0.2, 0.25) is 0 Å². The highest BCUT2D eigenvalue weighted by Crippen LogP contribution is 2.55. The number of aromatic hydroxyl groups is 3. The number of hydrazine groups is 1. The van der Waals surface area contributed by atoms with Gasteiger partial charge in [0, 0.05) is 124 Å². The number of aromatic nitrogens is 3. The molecule has 2 aromatic heterocycles. The molecule has 442 valence electrons. The van der Waals surface area contributed by atoms with Crippen LogP contribution in [0.15, 0.2) is 84.4 Å². The molecule has 2 aromatic carbocycles. The molecule has 0 unspecified atom stereocenters. The van der Waals surface area contributed by atoms with E-state index in [2.05, 4.69) is 30.3 Å². The summed E-state index contributed by atoms with van der Waals surface area (Å²) < 4.78 is 23.7. The number of ketones is 1. The Morgan fingerprint density at radius 1 is 0.890 bits per heavy atom. The number of nitrogens with one attached hydrogen (secondary N) is 2. The van der Waals surface area contributed by atoms with Gasteiger partial charge in [0.15, 0.2) is 5.75 Å². The Hall–Kier alpha value is -8.03. The number of methoxy groups -OCH3 is 1. The quantitative estimate of drug-likeness (QED) is 0.0226. The van der Waals surface area contributed by atoms with Gasteiger partial charge in [0.2, 0.25) is 0 Å². The monoisotopic (exact) mass is 1140 g/mol. The number of aliphatic hydroxyl groups is 2. The number of rotatable bonds is 7. The SMILES string of the molecule is CO[C@H]1/C=C/O[C@@]2(C)Oc3c(C)c(O)c4c(O)c(c(/C=N/N5CCN(C6CCCC6)CC5)c(O)c4c3C2=O)NC(=O)/C(C)=C\C=C\[C@H](C)[C@H](O)[C@@H](C)[C@@H](O)[C@@H](C)[C@H](OC(C)=O)[C@@H]1C.NC(=O)c1cnccn1.NNC(=O)c1ccncc1. The van der Waals surface area contributed by atoms with Gasteiger partial charge in [-0.15, -0.1) is 0 Å². The lowest BCUT2D eigenvalue weighted by Crippen LogP contribution is -2.47. The zero-order valence-corrected chi connectivity index (χ0v) is 47.6. The van der Waals surface area contributed by atoms with Gasteiger partial charge in [-0.2, -0.15) is 5.10 Å². The molecule has 6 heterocycles. The van der Waals surface area contributed by atoms with E-state index in [1.54, 1.807) is 52.0 Å². The molecule has 9 atom stereocenters. The second kappa shape index (κ2) is 28.1. The Morgan fingerprint density at radius 3 is 2.15 bits per heavy atom. The number of fused-ring (bicyclic) bond motifs is 14. The molecular weight excluding hydrogens is 1060 g/mol. The third-order valence-electron chi connectivity index (χ3n) is 15.4. The Morgan fingerprint density at radius 2 is 1.56 bits per heavy atom. The molecule has 1 saturated heterocycles. The van der Waals surface area contributed by atoms with E-state index in [9.17, 15) is 49.5 Å². The molecule has 4 aliphatic heterocycles. The first-order valence-electron chi connectivity index (χ1n) is 27.0. The number of benzene rings is 2. The molecule has 5 aliphatic rings. The smallest absolute Gasteiger partial charge is 0.312 e. The predicted molar refractivity (Wildman–Crippen MR) is 303 cm³/mol. The highest BCUT2D eigenvalue weighted by Gasteiger charge is 2.50. The van der Waals surface area contributed by atoms with Crippen LogP contribution in [0.3, 0.4) is 0 Å². The van der Waals surface area contributed by atoms with Gasteiger partial charge in [-0.05, 0) is 44.9 Å². The Bertz CT molecular complexity index is 3060. The molecule has 82 heavy (non-hydrogen) atoms. The highest BCUT2D eigenvalue weighted by atomic mass is 16.7. The minimum absolute atomic E-state index is 0.0631. The number of hydrogen-bond acceptors (Lipinski definition) is 21. The van der Waals surface area contributed by atoms with Crippen molar-refractivity contribution in [3.05, 3.63) is 107 Å². The van der Waals surface area contributed by atoms with Gasteiger partial charge in [0.1, 0.15) is 29.0 Å². The van der Waals surface area contributed by atoms with Crippen molar-refractivity contribution in [3.8, 4) is 23.0 Å². The molecule has 9 rings (SSSR count). The van der Waals surface area contributed by atoms with Gasteiger partial charge >= 0.3 is 11.8 Å². The number of Topliss-reactive ketones (excluding diaryl/α,β-unsaturated/α-hetero) is 1. The largest absolute Gasteiger partial charge is 0.507 e. The van der Waals surface area contributed by atoms with Gasteiger partial charge < -0.3 is 55.5 Å². The molecule has 24 heteroatoms. The summed E-state index contributed by atoms with van der Waals surface area (Å²) in [6, 6.07) is 3.72. The molecule has 1 saturated carbocycles. The molecular formula is C58H76N10O14. The summed E-state index contributed by atoms with van der Waals surface area (Å²) in [4.78, 5) is 75.3. The van der Waals surface area contributed by atoms with Gasteiger partial charge in [-0.25, -0.2) is 10.8 Å². The molecule has 0 spiro atoms. The topological polar surface area (TPSA) is 357 Å². The lowest BCUT2D eigenvalue weighted by atomic mass is 9.78. The maximum absolute atomic E-state index is 14.5. The lowest BCUT2D eigenvalue weighted by Gasteiger charge is -2.38. The van der Waals surface area contributed by atoms with E-state index in [1.165, 1.54) is 116 Å². The van der Waals surface area contributed by atoms with Crippen molar-refractivity contribution in [2.75, 3.05) is 38.6 Å². The molecule has 3 amide bonds. The number of phenolic OH excluding ortho intramolecular Hbond substituents is 3. The van der Waals surface area contributed by atoms with Crippen LogP contribution in [0, 0.1) is 30.6 Å². The maximum atomic E-state index is 14.5. The summed E-state index contributed by atoms with van der Waals surface area (Å²) in [6.07, 6.45) is 17.0. The van der Waals surface area contributed by atoms with E-state index in [0.717, 1.165) is 13.1 Å². The molecule has 24 nitrogen and oxygen atoms in total. The van der Waals surface area contributed by atoms with E-state index < -0.39 is 94.7 Å². The van der Waals surface area contributed by atoms with E-state index in [1.807, 2.05) is 10.4 Å². The van der Waals surface area contributed by atoms with E-state index in [0.29, 0.717) is 24.7 Å². The van der Waals surface area contributed by atoms with Crippen LogP contribution in [0.5, 0.6) is 23.0 Å². The summed E-state index contributed by atoms with van der Waals surface area (Å²) in [6.45, 7) is 15.4. The van der Waals surface area contributed by atoms with E-state index in [-0.39, 0.29) is 56.1 Å². The summed E-state index contributed by atoms with van der Waals surface area (Å²) in [5, 5.41) is 67.6. The molecule has 1 aliphatic carbocycles.